The quantitative estimate of drug-likeness (QED) is 0.747. The zero-order valence-electron chi connectivity index (χ0n) is 9.10. The maximum Gasteiger partial charge on any atom is 0.109 e. The number of ether oxygens (including phenoxy) is 1. The van der Waals surface area contributed by atoms with Gasteiger partial charge in [0.1, 0.15) is 11.5 Å². The molecule has 0 unspecified atom stereocenters. The topological polar surface area (TPSA) is 61.3 Å². The van der Waals surface area contributed by atoms with Gasteiger partial charge in [-0.15, -0.1) is 0 Å². The number of hydrogen-bond donors (Lipinski definition) is 2. The third-order valence-electron chi connectivity index (χ3n) is 2.47. The highest BCUT2D eigenvalue weighted by Gasteiger charge is 2.15. The van der Waals surface area contributed by atoms with Crippen LogP contribution in [0.3, 0.4) is 0 Å². The number of allylic oxidation sites excluding steroid dienone is 8. The van der Waals surface area contributed by atoms with E-state index in [1.807, 2.05) is 12.2 Å². The summed E-state index contributed by atoms with van der Waals surface area (Å²) in [5.74, 6) is 1.57. The van der Waals surface area contributed by atoms with Crippen LogP contribution in [0.2, 0.25) is 0 Å². The molecule has 0 fully saturated rings. The van der Waals surface area contributed by atoms with Gasteiger partial charge >= 0.3 is 0 Å². The van der Waals surface area contributed by atoms with Gasteiger partial charge in [0.15, 0.2) is 0 Å². The summed E-state index contributed by atoms with van der Waals surface area (Å²) in [6.07, 6.45) is 8.29. The second-order valence-corrected chi connectivity index (χ2v) is 4.80. The Balaban J connectivity index is 2.09. The van der Waals surface area contributed by atoms with Crippen molar-refractivity contribution >= 4 is 34.2 Å². The van der Waals surface area contributed by atoms with Crippen LogP contribution in [-0.2, 0) is 4.74 Å². The minimum atomic E-state index is 0.557. The predicted molar refractivity (Wildman–Crippen MR) is 76.2 cm³/mol. The summed E-state index contributed by atoms with van der Waals surface area (Å²) in [6.45, 7) is 0. The molecule has 4 N–H and O–H groups in total. The van der Waals surface area contributed by atoms with Gasteiger partial charge < -0.3 is 16.2 Å². The van der Waals surface area contributed by atoms with Gasteiger partial charge in [-0.3, -0.25) is 0 Å². The summed E-state index contributed by atoms with van der Waals surface area (Å²) in [5, 5.41) is 0. The van der Waals surface area contributed by atoms with E-state index in [9.17, 15) is 0 Å². The average molecular weight is 264 g/mol. The summed E-state index contributed by atoms with van der Waals surface area (Å²) in [6, 6.07) is 0. The van der Waals surface area contributed by atoms with Gasteiger partial charge in [-0.25, -0.2) is 0 Å². The second kappa shape index (κ2) is 4.81. The molecule has 0 radical (unpaired) electrons. The van der Waals surface area contributed by atoms with E-state index >= 15 is 0 Å². The lowest BCUT2D eigenvalue weighted by atomic mass is 10.1. The van der Waals surface area contributed by atoms with E-state index in [-0.39, 0.29) is 0 Å². The van der Waals surface area contributed by atoms with E-state index in [0.29, 0.717) is 34.0 Å². The lowest BCUT2D eigenvalue weighted by molar-refractivity contribution is 0.296. The van der Waals surface area contributed by atoms with E-state index in [1.165, 1.54) is 0 Å². The first-order valence-electron chi connectivity index (χ1n) is 5.13. The van der Waals surface area contributed by atoms with Crippen LogP contribution < -0.4 is 11.5 Å². The summed E-state index contributed by atoms with van der Waals surface area (Å²) >= 11 is 10.2. The van der Waals surface area contributed by atoms with E-state index in [2.05, 4.69) is 0 Å². The molecule has 0 saturated carbocycles. The fourth-order valence-electron chi connectivity index (χ4n) is 1.50. The Kier molecular flexibility index (Phi) is 3.40. The third-order valence-corrected chi connectivity index (χ3v) is 3.23. The molecule has 0 atom stereocenters. The van der Waals surface area contributed by atoms with Crippen molar-refractivity contribution < 1.29 is 4.74 Å². The van der Waals surface area contributed by atoms with Crippen molar-refractivity contribution in [3.8, 4) is 0 Å². The van der Waals surface area contributed by atoms with E-state index < -0.39 is 0 Å². The maximum atomic E-state index is 5.72. The first-order chi connectivity index (χ1) is 8.06. The number of hydrogen-bond acceptors (Lipinski definition) is 5. The molecule has 0 heterocycles. The zero-order chi connectivity index (χ0) is 12.4. The van der Waals surface area contributed by atoms with Gasteiger partial charge in [0, 0.05) is 34.0 Å². The molecule has 0 spiro atoms. The van der Waals surface area contributed by atoms with Crippen LogP contribution in [0.1, 0.15) is 12.8 Å². The molecule has 2 aliphatic rings. The zero-order valence-corrected chi connectivity index (χ0v) is 10.7. The smallest absolute Gasteiger partial charge is 0.109 e. The molecule has 0 aromatic carbocycles. The van der Waals surface area contributed by atoms with Crippen LogP contribution in [-0.4, -0.2) is 9.73 Å². The molecule has 0 aliphatic heterocycles. The fourth-order valence-corrected chi connectivity index (χ4v) is 1.92. The van der Waals surface area contributed by atoms with Crippen molar-refractivity contribution in [2.75, 3.05) is 0 Å². The van der Waals surface area contributed by atoms with Gasteiger partial charge in [-0.05, 0) is 24.3 Å². The molecule has 0 aromatic heterocycles. The number of rotatable bonds is 2. The molecule has 0 bridgehead atoms. The molecule has 3 nitrogen and oxygen atoms in total. The summed E-state index contributed by atoms with van der Waals surface area (Å²) in [5.41, 5.74) is 12.6. The highest BCUT2D eigenvalue weighted by molar-refractivity contribution is 7.81. The van der Waals surface area contributed by atoms with Gasteiger partial charge in [0.2, 0.25) is 0 Å². The van der Waals surface area contributed by atoms with Crippen molar-refractivity contribution in [2.24, 2.45) is 11.5 Å². The SMILES string of the molecule is NC1=CC=C(OC2=CC=C(N)C(=S)C2)CC1=S. The molecule has 0 aromatic rings. The molecule has 0 amide bonds. The van der Waals surface area contributed by atoms with Gasteiger partial charge in [0.25, 0.3) is 0 Å². The largest absolute Gasteiger partial charge is 0.465 e. The molecule has 5 heteroatoms. The standard InChI is InChI=1S/C12H12N2OS2/c13-9-3-1-7(5-11(9)16)15-8-2-4-10(14)12(17)6-8/h1-4H,5-6,13-14H2. The van der Waals surface area contributed by atoms with Crippen LogP contribution in [0.25, 0.3) is 0 Å². The monoisotopic (exact) mass is 264 g/mol. The van der Waals surface area contributed by atoms with Crippen LogP contribution >= 0.6 is 24.4 Å². The van der Waals surface area contributed by atoms with Crippen molar-refractivity contribution in [3.05, 3.63) is 47.2 Å². The highest BCUT2D eigenvalue weighted by Crippen LogP contribution is 2.22. The Morgan fingerprint density at radius 2 is 1.24 bits per heavy atom. The van der Waals surface area contributed by atoms with Crippen LogP contribution in [0.15, 0.2) is 47.2 Å². The van der Waals surface area contributed by atoms with Gasteiger partial charge in [-0.1, -0.05) is 24.4 Å². The van der Waals surface area contributed by atoms with E-state index in [4.69, 9.17) is 40.6 Å². The van der Waals surface area contributed by atoms with Crippen molar-refractivity contribution in [1.29, 1.82) is 0 Å². The molecular weight excluding hydrogens is 252 g/mol. The first kappa shape index (κ1) is 12.0. The Labute approximate surface area is 110 Å². The first-order valence-corrected chi connectivity index (χ1v) is 5.95. The van der Waals surface area contributed by atoms with Crippen molar-refractivity contribution in [2.45, 2.75) is 12.8 Å². The summed E-state index contributed by atoms with van der Waals surface area (Å²) in [4.78, 5) is 1.41. The van der Waals surface area contributed by atoms with Crippen LogP contribution in [0.5, 0.6) is 0 Å². The lowest BCUT2D eigenvalue weighted by Crippen LogP contribution is -2.16. The van der Waals surface area contributed by atoms with Gasteiger partial charge in [0.05, 0.1) is 0 Å². The van der Waals surface area contributed by atoms with Crippen molar-refractivity contribution in [3.63, 3.8) is 0 Å². The number of thiocarbonyl (C=S) groups is 2. The fraction of sp³-hybridized carbons (Fsp3) is 0.167. The van der Waals surface area contributed by atoms with Crippen molar-refractivity contribution in [1.82, 2.24) is 0 Å². The predicted octanol–water partition coefficient (Wildman–Crippen LogP) is 2.00. The second-order valence-electron chi connectivity index (χ2n) is 3.81. The molecule has 2 aliphatic carbocycles. The average Bonchev–Trinajstić information content (AvgIpc) is 2.29. The number of nitrogens with two attached hydrogens (primary N) is 2. The van der Waals surface area contributed by atoms with E-state index in [0.717, 1.165) is 11.5 Å². The minimum Gasteiger partial charge on any atom is -0.465 e. The Morgan fingerprint density at radius 3 is 1.59 bits per heavy atom. The molecule has 88 valence electrons. The normalized spacial score (nSPS) is 20.2. The summed E-state index contributed by atoms with van der Waals surface area (Å²) < 4.78 is 5.72. The third kappa shape index (κ3) is 2.81. The molecule has 17 heavy (non-hydrogen) atoms. The van der Waals surface area contributed by atoms with Gasteiger partial charge in [-0.2, -0.15) is 0 Å². The lowest BCUT2D eigenvalue weighted by Gasteiger charge is -2.18. The molecular formula is C12H12N2OS2. The maximum absolute atomic E-state index is 5.72. The summed E-state index contributed by atoms with van der Waals surface area (Å²) in [7, 11) is 0. The van der Waals surface area contributed by atoms with E-state index in [1.54, 1.807) is 12.2 Å². The Hall–Kier alpha value is -1.46. The van der Waals surface area contributed by atoms with Crippen LogP contribution in [0.4, 0.5) is 0 Å². The molecule has 2 rings (SSSR count). The highest BCUT2D eigenvalue weighted by atomic mass is 32.1. The molecule has 0 saturated heterocycles. The Bertz CT molecular complexity index is 467. The Morgan fingerprint density at radius 1 is 0.824 bits per heavy atom. The van der Waals surface area contributed by atoms with Crippen LogP contribution in [0, 0.1) is 0 Å². The minimum absolute atomic E-state index is 0.557.